The summed E-state index contributed by atoms with van der Waals surface area (Å²) in [4.78, 5) is 10.5. The summed E-state index contributed by atoms with van der Waals surface area (Å²) in [5.74, 6) is -0.154. The van der Waals surface area contributed by atoms with E-state index < -0.39 is 0 Å². The first-order chi connectivity index (χ1) is 9.27. The maximum atomic E-state index is 10.5. The summed E-state index contributed by atoms with van der Waals surface area (Å²) >= 11 is 0. The quantitative estimate of drug-likeness (QED) is 0.400. The first-order valence-corrected chi connectivity index (χ1v) is 8.55. The molecule has 0 heterocycles. The fourth-order valence-corrected chi connectivity index (χ4v) is 2.49. The van der Waals surface area contributed by atoms with E-state index in [-0.39, 0.29) is 5.91 Å². The highest BCUT2D eigenvalue weighted by molar-refractivity contribution is 5.73. The third-order valence-corrected chi connectivity index (χ3v) is 3.78. The number of primary amides is 1. The molecular weight excluding hydrogens is 234 g/mol. The molecule has 0 radical (unpaired) electrons. The van der Waals surface area contributed by atoms with Gasteiger partial charge in [0, 0.05) is 6.42 Å². The van der Waals surface area contributed by atoms with Crippen molar-refractivity contribution in [2.24, 2.45) is 5.73 Å². The zero-order valence-electron chi connectivity index (χ0n) is 13.1. The van der Waals surface area contributed by atoms with Crippen molar-refractivity contribution in [3.05, 3.63) is 0 Å². The van der Waals surface area contributed by atoms with Gasteiger partial charge < -0.3 is 5.73 Å². The smallest absolute Gasteiger partial charge is 0.217 e. The third-order valence-electron chi connectivity index (χ3n) is 3.78. The maximum Gasteiger partial charge on any atom is 0.217 e. The monoisotopic (exact) mass is 269 g/mol. The van der Waals surface area contributed by atoms with Crippen molar-refractivity contribution < 1.29 is 4.79 Å². The first kappa shape index (κ1) is 18.5. The predicted molar refractivity (Wildman–Crippen MR) is 84.1 cm³/mol. The Balaban J connectivity index is 2.93. The molecule has 0 aromatic carbocycles. The lowest BCUT2D eigenvalue weighted by atomic mass is 10.0. The van der Waals surface area contributed by atoms with Crippen LogP contribution in [0, 0.1) is 0 Å². The topological polar surface area (TPSA) is 43.1 Å². The van der Waals surface area contributed by atoms with Crippen LogP contribution in [0.5, 0.6) is 0 Å². The van der Waals surface area contributed by atoms with Crippen LogP contribution < -0.4 is 5.73 Å². The highest BCUT2D eigenvalue weighted by Gasteiger charge is 1.95. The Morgan fingerprint density at radius 2 is 0.947 bits per heavy atom. The van der Waals surface area contributed by atoms with Gasteiger partial charge in [-0.2, -0.15) is 0 Å². The molecule has 0 fully saturated rings. The zero-order valence-corrected chi connectivity index (χ0v) is 13.1. The van der Waals surface area contributed by atoms with E-state index in [0.717, 1.165) is 6.42 Å². The molecule has 0 unspecified atom stereocenters. The Bertz CT molecular complexity index is 192. The standard InChI is InChI=1S/C17H35NO/c1-2-3-4-5-6-7-8-9-10-11-12-13-14-15-16-17(18)19/h2-16H2,1H3,(H2,18,19). The Labute approximate surface area is 120 Å². The van der Waals surface area contributed by atoms with E-state index in [0.29, 0.717) is 6.42 Å². The molecule has 0 saturated carbocycles. The van der Waals surface area contributed by atoms with E-state index in [9.17, 15) is 4.79 Å². The lowest BCUT2D eigenvalue weighted by Gasteiger charge is -2.02. The minimum atomic E-state index is -0.154. The van der Waals surface area contributed by atoms with E-state index in [1.165, 1.54) is 83.5 Å². The van der Waals surface area contributed by atoms with Crippen LogP contribution in [0.1, 0.15) is 103 Å². The van der Waals surface area contributed by atoms with Gasteiger partial charge >= 0.3 is 0 Å². The molecule has 0 aliphatic heterocycles. The molecule has 0 aromatic heterocycles. The Kier molecular flexibility index (Phi) is 15.1. The van der Waals surface area contributed by atoms with Gasteiger partial charge in [-0.3, -0.25) is 4.79 Å². The SMILES string of the molecule is CCCCCCCCCCCCCCCCC(N)=O. The molecule has 0 rings (SSSR count). The molecule has 0 spiro atoms. The minimum Gasteiger partial charge on any atom is -0.370 e. The molecule has 2 nitrogen and oxygen atoms in total. The molecule has 0 saturated heterocycles. The number of carbonyl (C=O) groups excluding carboxylic acids is 1. The van der Waals surface area contributed by atoms with Crippen LogP contribution in [0.25, 0.3) is 0 Å². The van der Waals surface area contributed by atoms with Crippen LogP contribution in [0.4, 0.5) is 0 Å². The van der Waals surface area contributed by atoms with Gasteiger partial charge in [0.05, 0.1) is 0 Å². The summed E-state index contributed by atoms with van der Waals surface area (Å²) in [7, 11) is 0. The normalized spacial score (nSPS) is 10.8. The van der Waals surface area contributed by atoms with Crippen molar-refractivity contribution in [2.45, 2.75) is 103 Å². The van der Waals surface area contributed by atoms with Gasteiger partial charge in [-0.05, 0) is 6.42 Å². The van der Waals surface area contributed by atoms with Crippen molar-refractivity contribution >= 4 is 5.91 Å². The average molecular weight is 269 g/mol. The maximum absolute atomic E-state index is 10.5. The molecule has 19 heavy (non-hydrogen) atoms. The molecule has 0 aromatic rings. The first-order valence-electron chi connectivity index (χ1n) is 8.55. The Morgan fingerprint density at radius 3 is 1.26 bits per heavy atom. The number of hydrogen-bond donors (Lipinski definition) is 1. The number of unbranched alkanes of at least 4 members (excludes halogenated alkanes) is 13. The number of carbonyl (C=O) groups is 1. The lowest BCUT2D eigenvalue weighted by Crippen LogP contribution is -2.09. The molecule has 2 N–H and O–H groups in total. The number of amides is 1. The van der Waals surface area contributed by atoms with Crippen LogP contribution in [-0.2, 0) is 4.79 Å². The lowest BCUT2D eigenvalue weighted by molar-refractivity contribution is -0.118. The Morgan fingerprint density at radius 1 is 0.632 bits per heavy atom. The van der Waals surface area contributed by atoms with E-state index in [1.54, 1.807) is 0 Å². The van der Waals surface area contributed by atoms with Crippen molar-refractivity contribution in [3.63, 3.8) is 0 Å². The summed E-state index contributed by atoms with van der Waals surface area (Å²) in [6.45, 7) is 2.27. The molecule has 0 atom stereocenters. The van der Waals surface area contributed by atoms with Crippen molar-refractivity contribution in [2.75, 3.05) is 0 Å². The van der Waals surface area contributed by atoms with Gasteiger partial charge in [0.1, 0.15) is 0 Å². The number of nitrogens with two attached hydrogens (primary N) is 1. The van der Waals surface area contributed by atoms with Gasteiger partial charge in [0.25, 0.3) is 0 Å². The van der Waals surface area contributed by atoms with Crippen LogP contribution in [0.2, 0.25) is 0 Å². The summed E-state index contributed by atoms with van der Waals surface area (Å²) in [6, 6.07) is 0. The molecule has 2 heteroatoms. The van der Waals surface area contributed by atoms with Crippen LogP contribution >= 0.6 is 0 Å². The van der Waals surface area contributed by atoms with Gasteiger partial charge in [-0.25, -0.2) is 0 Å². The molecule has 0 aliphatic rings. The second-order valence-electron chi connectivity index (χ2n) is 5.81. The number of rotatable bonds is 15. The van der Waals surface area contributed by atoms with Crippen LogP contribution in [0.15, 0.2) is 0 Å². The minimum absolute atomic E-state index is 0.154. The second kappa shape index (κ2) is 15.5. The number of hydrogen-bond acceptors (Lipinski definition) is 1. The van der Waals surface area contributed by atoms with Crippen molar-refractivity contribution in [1.82, 2.24) is 0 Å². The van der Waals surface area contributed by atoms with E-state index in [1.807, 2.05) is 0 Å². The fourth-order valence-electron chi connectivity index (χ4n) is 2.49. The molecule has 0 aliphatic carbocycles. The summed E-state index contributed by atoms with van der Waals surface area (Å²) < 4.78 is 0. The molecule has 0 bridgehead atoms. The highest BCUT2D eigenvalue weighted by atomic mass is 16.1. The van der Waals surface area contributed by atoms with Crippen LogP contribution in [0.3, 0.4) is 0 Å². The predicted octanol–water partition coefficient (Wildman–Crippen LogP) is 5.34. The summed E-state index contributed by atoms with van der Waals surface area (Å²) in [6.07, 6.45) is 19.4. The average Bonchev–Trinajstić information content (AvgIpc) is 2.39. The molecular formula is C17H35NO. The molecule has 1 amide bonds. The summed E-state index contributed by atoms with van der Waals surface area (Å²) in [5, 5.41) is 0. The third kappa shape index (κ3) is 17.5. The summed E-state index contributed by atoms with van der Waals surface area (Å²) in [5.41, 5.74) is 5.10. The van der Waals surface area contributed by atoms with E-state index in [4.69, 9.17) is 5.73 Å². The van der Waals surface area contributed by atoms with Gasteiger partial charge in [0.15, 0.2) is 0 Å². The second-order valence-corrected chi connectivity index (χ2v) is 5.81. The van der Waals surface area contributed by atoms with Gasteiger partial charge in [-0.1, -0.05) is 90.4 Å². The van der Waals surface area contributed by atoms with Crippen LogP contribution in [-0.4, -0.2) is 5.91 Å². The van der Waals surface area contributed by atoms with Gasteiger partial charge in [0.2, 0.25) is 5.91 Å². The fraction of sp³-hybridized carbons (Fsp3) is 0.941. The van der Waals surface area contributed by atoms with Crippen molar-refractivity contribution in [1.29, 1.82) is 0 Å². The van der Waals surface area contributed by atoms with Crippen molar-refractivity contribution in [3.8, 4) is 0 Å². The molecule has 114 valence electrons. The Hall–Kier alpha value is -0.530. The highest BCUT2D eigenvalue weighted by Crippen LogP contribution is 2.13. The zero-order chi connectivity index (χ0) is 14.2. The van der Waals surface area contributed by atoms with Gasteiger partial charge in [-0.15, -0.1) is 0 Å². The van der Waals surface area contributed by atoms with E-state index >= 15 is 0 Å². The van der Waals surface area contributed by atoms with E-state index in [2.05, 4.69) is 6.92 Å². The largest absolute Gasteiger partial charge is 0.370 e.